The number of nitrogens with zero attached hydrogens (tertiary/aromatic N) is 1. The van der Waals surface area contributed by atoms with Gasteiger partial charge in [0.2, 0.25) is 5.91 Å². The van der Waals surface area contributed by atoms with Crippen molar-refractivity contribution in [3.8, 4) is 11.5 Å². The van der Waals surface area contributed by atoms with E-state index in [1.54, 1.807) is 44.1 Å². The molecule has 1 aliphatic rings. The summed E-state index contributed by atoms with van der Waals surface area (Å²) in [6.07, 6.45) is 3.27. The van der Waals surface area contributed by atoms with Crippen LogP contribution < -0.4 is 9.47 Å². The standard InChI is InChI=1S/C22H23NO4/c1-22(2)21(25)17-13-19(27-4)18(26-3)12-16(17)14-23(22)20(24)11-10-15-8-6-5-7-9-15/h5-13H,14H2,1-4H3/b11-10+. The Morgan fingerprint density at radius 1 is 1.07 bits per heavy atom. The first-order valence-electron chi connectivity index (χ1n) is 8.73. The summed E-state index contributed by atoms with van der Waals surface area (Å²) in [5.41, 5.74) is 1.29. The van der Waals surface area contributed by atoms with E-state index in [0.717, 1.165) is 11.1 Å². The zero-order valence-electron chi connectivity index (χ0n) is 16.0. The highest BCUT2D eigenvalue weighted by Gasteiger charge is 2.43. The predicted octanol–water partition coefficient (Wildman–Crippen LogP) is 3.72. The molecular formula is C22H23NO4. The molecule has 27 heavy (non-hydrogen) atoms. The lowest BCUT2D eigenvalue weighted by Crippen LogP contribution is -2.55. The molecule has 1 aliphatic heterocycles. The normalized spacial score (nSPS) is 15.6. The number of fused-ring (bicyclic) bond motifs is 1. The summed E-state index contributed by atoms with van der Waals surface area (Å²) in [5, 5.41) is 0. The van der Waals surface area contributed by atoms with E-state index in [4.69, 9.17) is 9.47 Å². The third-order valence-corrected chi connectivity index (χ3v) is 4.90. The smallest absolute Gasteiger partial charge is 0.247 e. The van der Waals surface area contributed by atoms with Crippen LogP contribution in [0.4, 0.5) is 0 Å². The van der Waals surface area contributed by atoms with Crippen LogP contribution in [-0.2, 0) is 11.3 Å². The van der Waals surface area contributed by atoms with Crippen LogP contribution in [-0.4, -0.2) is 36.3 Å². The van der Waals surface area contributed by atoms with E-state index in [9.17, 15) is 9.59 Å². The lowest BCUT2D eigenvalue weighted by Gasteiger charge is -2.41. The Bertz CT molecular complexity index is 900. The summed E-state index contributed by atoms with van der Waals surface area (Å²) in [6.45, 7) is 3.86. The minimum absolute atomic E-state index is 0.119. The fraction of sp³-hybridized carbons (Fsp3) is 0.273. The molecule has 0 aromatic heterocycles. The van der Waals surface area contributed by atoms with Crippen molar-refractivity contribution in [1.29, 1.82) is 0 Å². The van der Waals surface area contributed by atoms with Crippen LogP contribution in [0.2, 0.25) is 0 Å². The predicted molar refractivity (Wildman–Crippen MR) is 104 cm³/mol. The van der Waals surface area contributed by atoms with E-state index in [1.165, 1.54) is 13.2 Å². The van der Waals surface area contributed by atoms with Crippen molar-refractivity contribution >= 4 is 17.8 Å². The SMILES string of the molecule is COc1cc2c(cc1OC)C(=O)C(C)(C)N(C(=O)/C=C/c1ccccc1)C2. The molecule has 0 spiro atoms. The number of benzene rings is 2. The number of hydrogen-bond acceptors (Lipinski definition) is 4. The number of carbonyl (C=O) groups excluding carboxylic acids is 2. The van der Waals surface area contributed by atoms with Crippen molar-refractivity contribution < 1.29 is 19.1 Å². The zero-order chi connectivity index (χ0) is 19.6. The zero-order valence-corrected chi connectivity index (χ0v) is 16.0. The van der Waals surface area contributed by atoms with Crippen molar-refractivity contribution in [1.82, 2.24) is 4.90 Å². The summed E-state index contributed by atoms with van der Waals surface area (Å²) in [6, 6.07) is 13.0. The van der Waals surface area contributed by atoms with E-state index in [1.807, 2.05) is 30.3 Å². The summed E-state index contributed by atoms with van der Waals surface area (Å²) in [7, 11) is 3.08. The molecule has 0 bridgehead atoms. The van der Waals surface area contributed by atoms with Gasteiger partial charge in [-0.15, -0.1) is 0 Å². The molecule has 0 radical (unpaired) electrons. The lowest BCUT2D eigenvalue weighted by atomic mass is 9.83. The highest BCUT2D eigenvalue weighted by Crippen LogP contribution is 2.37. The minimum Gasteiger partial charge on any atom is -0.493 e. The Balaban J connectivity index is 1.95. The van der Waals surface area contributed by atoms with Crippen LogP contribution in [0.5, 0.6) is 11.5 Å². The van der Waals surface area contributed by atoms with Gasteiger partial charge in [0.05, 0.1) is 14.2 Å². The molecule has 2 aromatic carbocycles. The molecule has 0 N–H and O–H groups in total. The van der Waals surface area contributed by atoms with Gasteiger partial charge >= 0.3 is 0 Å². The molecule has 2 aromatic rings. The Labute approximate surface area is 159 Å². The first-order chi connectivity index (χ1) is 12.9. The van der Waals surface area contributed by atoms with Crippen LogP contribution in [0, 0.1) is 0 Å². The van der Waals surface area contributed by atoms with Crippen LogP contribution in [0.25, 0.3) is 6.08 Å². The summed E-state index contributed by atoms with van der Waals surface area (Å²) in [4.78, 5) is 27.5. The van der Waals surface area contributed by atoms with Crippen LogP contribution in [0.15, 0.2) is 48.5 Å². The van der Waals surface area contributed by atoms with Gasteiger partial charge in [0.15, 0.2) is 17.3 Å². The number of methoxy groups -OCH3 is 2. The van der Waals surface area contributed by atoms with E-state index >= 15 is 0 Å². The molecule has 0 saturated heterocycles. The van der Waals surface area contributed by atoms with Gasteiger partial charge in [-0.25, -0.2) is 0 Å². The number of ketones is 1. The fourth-order valence-corrected chi connectivity index (χ4v) is 3.26. The monoisotopic (exact) mass is 365 g/mol. The van der Waals surface area contributed by atoms with Gasteiger partial charge in [0, 0.05) is 18.2 Å². The second kappa shape index (κ2) is 7.27. The molecule has 0 saturated carbocycles. The second-order valence-corrected chi connectivity index (χ2v) is 6.92. The summed E-state index contributed by atoms with van der Waals surface area (Å²) >= 11 is 0. The number of amides is 1. The third kappa shape index (κ3) is 3.45. The molecule has 1 amide bonds. The van der Waals surface area contributed by atoms with E-state index < -0.39 is 5.54 Å². The number of hydrogen-bond donors (Lipinski definition) is 0. The molecular weight excluding hydrogens is 342 g/mol. The van der Waals surface area contributed by atoms with Crippen molar-refractivity contribution in [3.05, 3.63) is 65.2 Å². The van der Waals surface area contributed by atoms with Gasteiger partial charge < -0.3 is 14.4 Å². The Kier molecular flexibility index (Phi) is 5.04. The molecule has 140 valence electrons. The van der Waals surface area contributed by atoms with Crippen LogP contribution >= 0.6 is 0 Å². The van der Waals surface area contributed by atoms with Gasteiger partial charge in [-0.2, -0.15) is 0 Å². The van der Waals surface area contributed by atoms with Crippen molar-refractivity contribution in [3.63, 3.8) is 0 Å². The van der Waals surface area contributed by atoms with E-state index in [0.29, 0.717) is 23.6 Å². The summed E-state index contributed by atoms with van der Waals surface area (Å²) in [5.74, 6) is 0.712. The highest BCUT2D eigenvalue weighted by molar-refractivity contribution is 6.08. The quantitative estimate of drug-likeness (QED) is 0.775. The average Bonchev–Trinajstić information content (AvgIpc) is 2.68. The van der Waals surface area contributed by atoms with Gasteiger partial charge in [0.1, 0.15) is 5.54 Å². The van der Waals surface area contributed by atoms with E-state index in [2.05, 4.69) is 0 Å². The largest absolute Gasteiger partial charge is 0.493 e. The maximum atomic E-state index is 13.1. The molecule has 5 nitrogen and oxygen atoms in total. The fourth-order valence-electron chi connectivity index (χ4n) is 3.26. The van der Waals surface area contributed by atoms with Crippen LogP contribution in [0.1, 0.15) is 35.3 Å². The minimum atomic E-state index is -0.954. The van der Waals surface area contributed by atoms with Crippen LogP contribution in [0.3, 0.4) is 0 Å². The Morgan fingerprint density at radius 3 is 2.33 bits per heavy atom. The number of ether oxygens (including phenoxy) is 2. The lowest BCUT2D eigenvalue weighted by molar-refractivity contribution is -0.130. The van der Waals surface area contributed by atoms with Gasteiger partial charge in [-0.3, -0.25) is 9.59 Å². The summed E-state index contributed by atoms with van der Waals surface area (Å²) < 4.78 is 10.6. The molecule has 0 unspecified atom stereocenters. The topological polar surface area (TPSA) is 55.8 Å². The third-order valence-electron chi connectivity index (χ3n) is 4.90. The highest BCUT2D eigenvalue weighted by atomic mass is 16.5. The van der Waals surface area contributed by atoms with Gasteiger partial charge in [-0.05, 0) is 43.2 Å². The van der Waals surface area contributed by atoms with Crippen molar-refractivity contribution in [2.75, 3.05) is 14.2 Å². The first kappa shape index (κ1) is 18.7. The molecule has 1 heterocycles. The molecule has 0 fully saturated rings. The molecule has 0 atom stereocenters. The number of rotatable bonds is 4. The van der Waals surface area contributed by atoms with E-state index in [-0.39, 0.29) is 11.7 Å². The van der Waals surface area contributed by atoms with Crippen molar-refractivity contribution in [2.24, 2.45) is 0 Å². The Hall–Kier alpha value is -3.08. The number of carbonyl (C=O) groups is 2. The maximum Gasteiger partial charge on any atom is 0.247 e. The molecule has 0 aliphatic carbocycles. The first-order valence-corrected chi connectivity index (χ1v) is 8.73. The molecule has 3 rings (SSSR count). The van der Waals surface area contributed by atoms with Gasteiger partial charge in [-0.1, -0.05) is 30.3 Å². The van der Waals surface area contributed by atoms with Crippen molar-refractivity contribution in [2.45, 2.75) is 25.9 Å². The second-order valence-electron chi connectivity index (χ2n) is 6.92. The van der Waals surface area contributed by atoms with Gasteiger partial charge in [0.25, 0.3) is 0 Å². The molecule has 5 heteroatoms. The average molecular weight is 365 g/mol. The maximum absolute atomic E-state index is 13.1. The Morgan fingerprint density at radius 2 is 1.70 bits per heavy atom. The number of Topliss-reactive ketones (excluding diaryl/α,β-unsaturated/α-hetero) is 1.